The van der Waals surface area contributed by atoms with Crippen LogP contribution in [0.4, 0.5) is 18.0 Å². The fourth-order valence-corrected chi connectivity index (χ4v) is 2.12. The lowest BCUT2D eigenvalue weighted by Gasteiger charge is -2.28. The Labute approximate surface area is 136 Å². The predicted octanol–water partition coefficient (Wildman–Crippen LogP) is 3.80. The zero-order valence-corrected chi connectivity index (χ0v) is 13.5. The molecule has 1 aliphatic heterocycles. The van der Waals surface area contributed by atoms with Crippen molar-refractivity contribution in [3.05, 3.63) is 23.0 Å². The van der Waals surface area contributed by atoms with Gasteiger partial charge in [0.15, 0.2) is 0 Å². The Balaban J connectivity index is 2.34. The number of aromatic nitrogens is 1. The Morgan fingerprint density at radius 1 is 1.39 bits per heavy atom. The van der Waals surface area contributed by atoms with E-state index in [1.54, 1.807) is 20.8 Å². The maximum Gasteiger partial charge on any atom is 0.427 e. The van der Waals surface area contributed by atoms with Gasteiger partial charge in [0.1, 0.15) is 22.2 Å². The molecule has 0 saturated heterocycles. The van der Waals surface area contributed by atoms with Crippen LogP contribution in [0.25, 0.3) is 0 Å². The highest BCUT2D eigenvalue weighted by Gasteiger charge is 2.46. The van der Waals surface area contributed by atoms with Gasteiger partial charge in [-0.05, 0) is 32.9 Å². The first kappa shape index (κ1) is 17.7. The van der Waals surface area contributed by atoms with Crippen LogP contribution in [-0.2, 0) is 11.3 Å². The molecule has 1 atom stereocenters. The smallest absolute Gasteiger partial charge is 0.427 e. The Morgan fingerprint density at radius 3 is 2.61 bits per heavy atom. The lowest BCUT2D eigenvalue weighted by molar-refractivity contribution is -0.197. The number of carbonyl (C=O) groups excluding carboxylic acids is 1. The van der Waals surface area contributed by atoms with Gasteiger partial charge >= 0.3 is 12.3 Å². The molecule has 128 valence electrons. The fourth-order valence-electron chi connectivity index (χ4n) is 1.95. The summed E-state index contributed by atoms with van der Waals surface area (Å²) in [6.07, 6.45) is -7.68. The second kappa shape index (κ2) is 6.07. The number of carbonyl (C=O) groups is 1. The SMILES string of the molecule is CC(C)(C)OC(=O)N1Cc2nc(Cl)ccc2O[C@H](C(F)(F)F)C1. The van der Waals surface area contributed by atoms with Crippen molar-refractivity contribution in [2.24, 2.45) is 0 Å². The molecule has 0 aromatic carbocycles. The number of alkyl halides is 3. The molecule has 23 heavy (non-hydrogen) atoms. The number of hydrogen-bond donors (Lipinski definition) is 0. The van der Waals surface area contributed by atoms with Crippen LogP contribution in [0.1, 0.15) is 26.5 Å². The molecule has 1 aromatic heterocycles. The largest absolute Gasteiger partial charge is 0.477 e. The van der Waals surface area contributed by atoms with Crippen molar-refractivity contribution in [3.8, 4) is 5.75 Å². The van der Waals surface area contributed by atoms with Crippen molar-refractivity contribution in [2.45, 2.75) is 45.2 Å². The third kappa shape index (κ3) is 4.63. The number of pyridine rings is 1. The average molecular weight is 353 g/mol. The summed E-state index contributed by atoms with van der Waals surface area (Å²) in [5, 5.41) is 0.0990. The molecule has 0 unspecified atom stereocenters. The maximum atomic E-state index is 13.1. The minimum absolute atomic E-state index is 0.0530. The summed E-state index contributed by atoms with van der Waals surface area (Å²) < 4.78 is 49.5. The summed E-state index contributed by atoms with van der Waals surface area (Å²) in [5.41, 5.74) is -0.683. The quantitative estimate of drug-likeness (QED) is 0.666. The molecule has 0 aliphatic carbocycles. The molecule has 2 rings (SSSR count). The first-order valence-corrected chi connectivity index (χ1v) is 7.20. The number of fused-ring (bicyclic) bond motifs is 1. The highest BCUT2D eigenvalue weighted by molar-refractivity contribution is 6.29. The van der Waals surface area contributed by atoms with Crippen molar-refractivity contribution in [3.63, 3.8) is 0 Å². The van der Waals surface area contributed by atoms with Crippen molar-refractivity contribution < 1.29 is 27.4 Å². The highest BCUT2D eigenvalue weighted by Crippen LogP contribution is 2.32. The molecule has 0 saturated carbocycles. The van der Waals surface area contributed by atoms with Crippen LogP contribution in [0.5, 0.6) is 5.75 Å². The topological polar surface area (TPSA) is 51.7 Å². The van der Waals surface area contributed by atoms with E-state index in [1.165, 1.54) is 12.1 Å². The van der Waals surface area contributed by atoms with E-state index in [-0.39, 0.29) is 23.1 Å². The number of rotatable bonds is 0. The van der Waals surface area contributed by atoms with Crippen LogP contribution >= 0.6 is 11.6 Å². The van der Waals surface area contributed by atoms with E-state index in [0.717, 1.165) is 4.90 Å². The average Bonchev–Trinajstić information content (AvgIpc) is 2.55. The number of halogens is 4. The normalized spacial score (nSPS) is 18.7. The van der Waals surface area contributed by atoms with Crippen LogP contribution in [0.15, 0.2) is 12.1 Å². The molecule has 9 heteroatoms. The molecule has 1 aromatic rings. The molecular formula is C14H16ClF3N2O3. The maximum absolute atomic E-state index is 13.1. The van der Waals surface area contributed by atoms with Gasteiger partial charge in [0, 0.05) is 0 Å². The first-order chi connectivity index (χ1) is 10.5. The third-order valence-corrected chi connectivity index (χ3v) is 3.12. The van der Waals surface area contributed by atoms with E-state index in [2.05, 4.69) is 4.98 Å². The Morgan fingerprint density at radius 2 is 2.04 bits per heavy atom. The van der Waals surface area contributed by atoms with Crippen molar-refractivity contribution >= 4 is 17.7 Å². The Bertz CT molecular complexity index is 602. The van der Waals surface area contributed by atoms with E-state index in [9.17, 15) is 18.0 Å². The fraction of sp³-hybridized carbons (Fsp3) is 0.571. The van der Waals surface area contributed by atoms with Crippen LogP contribution in [0.3, 0.4) is 0 Å². The van der Waals surface area contributed by atoms with Gasteiger partial charge in [-0.3, -0.25) is 4.90 Å². The van der Waals surface area contributed by atoms with Crippen molar-refractivity contribution in [1.82, 2.24) is 9.88 Å². The molecule has 0 fully saturated rings. The second-order valence-corrected chi connectivity index (χ2v) is 6.48. The van der Waals surface area contributed by atoms with Gasteiger partial charge in [-0.1, -0.05) is 11.6 Å². The minimum atomic E-state index is -4.64. The van der Waals surface area contributed by atoms with Crippen LogP contribution in [0.2, 0.25) is 5.15 Å². The lowest BCUT2D eigenvalue weighted by Crippen LogP contribution is -2.46. The molecule has 5 nitrogen and oxygen atoms in total. The summed E-state index contributed by atoms with van der Waals surface area (Å²) >= 11 is 5.77. The zero-order chi connectivity index (χ0) is 17.4. The molecule has 0 radical (unpaired) electrons. The third-order valence-electron chi connectivity index (χ3n) is 2.91. The van der Waals surface area contributed by atoms with E-state index in [1.807, 2.05) is 0 Å². The number of amides is 1. The molecule has 2 heterocycles. The van der Waals surface area contributed by atoms with Gasteiger partial charge < -0.3 is 9.47 Å². The number of hydrogen-bond acceptors (Lipinski definition) is 4. The Hall–Kier alpha value is -1.70. The van der Waals surface area contributed by atoms with E-state index < -0.39 is 30.5 Å². The van der Waals surface area contributed by atoms with E-state index in [0.29, 0.717) is 0 Å². The van der Waals surface area contributed by atoms with Crippen LogP contribution < -0.4 is 4.74 Å². The number of nitrogens with zero attached hydrogens (tertiary/aromatic N) is 2. The van der Waals surface area contributed by atoms with E-state index in [4.69, 9.17) is 21.1 Å². The summed E-state index contributed by atoms with van der Waals surface area (Å²) in [7, 11) is 0. The monoisotopic (exact) mass is 352 g/mol. The predicted molar refractivity (Wildman–Crippen MR) is 76.4 cm³/mol. The van der Waals surface area contributed by atoms with Crippen LogP contribution in [0, 0.1) is 0 Å². The standard InChI is InChI=1S/C14H16ClF3N2O3/c1-13(2,3)23-12(21)20-6-8-9(4-5-11(15)19-8)22-10(7-20)14(16,17)18/h4-5,10H,6-7H2,1-3H3/t10-/m0/s1. The van der Waals surface area contributed by atoms with Gasteiger partial charge in [-0.25, -0.2) is 9.78 Å². The van der Waals surface area contributed by atoms with Gasteiger partial charge in [0.05, 0.1) is 13.1 Å². The van der Waals surface area contributed by atoms with Crippen LogP contribution in [-0.4, -0.2) is 40.4 Å². The van der Waals surface area contributed by atoms with Crippen molar-refractivity contribution in [2.75, 3.05) is 6.54 Å². The summed E-state index contributed by atoms with van der Waals surface area (Å²) in [6, 6.07) is 2.64. The summed E-state index contributed by atoms with van der Waals surface area (Å²) in [6.45, 7) is 4.01. The van der Waals surface area contributed by atoms with Gasteiger partial charge in [0.2, 0.25) is 6.10 Å². The first-order valence-electron chi connectivity index (χ1n) is 6.82. The zero-order valence-electron chi connectivity index (χ0n) is 12.8. The van der Waals surface area contributed by atoms with Gasteiger partial charge in [-0.15, -0.1) is 0 Å². The molecule has 0 spiro atoms. The number of ether oxygens (including phenoxy) is 2. The molecule has 1 aliphatic rings. The Kier molecular flexibility index (Phi) is 4.66. The minimum Gasteiger partial charge on any atom is -0.477 e. The molecule has 0 N–H and O–H groups in total. The van der Waals surface area contributed by atoms with Gasteiger partial charge in [-0.2, -0.15) is 13.2 Å². The van der Waals surface area contributed by atoms with Crippen molar-refractivity contribution in [1.29, 1.82) is 0 Å². The highest BCUT2D eigenvalue weighted by atomic mass is 35.5. The van der Waals surface area contributed by atoms with Gasteiger partial charge in [0.25, 0.3) is 0 Å². The van der Waals surface area contributed by atoms with E-state index >= 15 is 0 Å². The lowest BCUT2D eigenvalue weighted by atomic mass is 10.2. The molecule has 1 amide bonds. The second-order valence-electron chi connectivity index (χ2n) is 6.09. The molecular weight excluding hydrogens is 337 g/mol. The molecule has 0 bridgehead atoms. The summed E-state index contributed by atoms with van der Waals surface area (Å²) in [5.74, 6) is -0.0530. The summed E-state index contributed by atoms with van der Waals surface area (Å²) in [4.78, 5) is 17.0.